The van der Waals surface area contributed by atoms with E-state index in [2.05, 4.69) is 0 Å². The van der Waals surface area contributed by atoms with Gasteiger partial charge in [0.25, 0.3) is 0 Å². The molecule has 0 fully saturated rings. The van der Waals surface area contributed by atoms with Crippen LogP contribution in [0.1, 0.15) is 22.3 Å². The van der Waals surface area contributed by atoms with Crippen LogP contribution >= 0.6 is 48.9 Å². The van der Waals surface area contributed by atoms with E-state index in [4.69, 9.17) is 48.9 Å². The molecule has 0 aliphatic carbocycles. The van der Waals surface area contributed by atoms with E-state index < -0.39 is 0 Å². The molecule has 0 amide bonds. The molecule has 0 aliphatic heterocycles. The minimum Gasteiger partial charge on any atom is -0.0778 e. The third kappa shape index (κ3) is 7.93. The zero-order valence-electron chi connectivity index (χ0n) is 17.5. The van der Waals surface area contributed by atoms with E-state index in [0.29, 0.717) is 0 Å². The Balaban J connectivity index is 0.000000227. The minimum absolute atomic E-state index is 0. The quantitative estimate of drug-likeness (QED) is 0.181. The molecule has 5 heteroatoms. The first-order valence-corrected chi connectivity index (χ1v) is 11.6. The van der Waals surface area contributed by atoms with Crippen LogP contribution in [0.25, 0.3) is 0 Å². The van der Waals surface area contributed by atoms with E-state index in [0.717, 1.165) is 41.7 Å². The number of hydrogen-bond acceptors (Lipinski definition) is 4. The van der Waals surface area contributed by atoms with Gasteiger partial charge in [0.15, 0.2) is 0 Å². The van der Waals surface area contributed by atoms with Crippen molar-refractivity contribution >= 4 is 68.3 Å². The smallest absolute Gasteiger partial charge is 0.0636 e. The van der Waals surface area contributed by atoms with Crippen molar-refractivity contribution in [3.05, 3.63) is 144 Å². The van der Waals surface area contributed by atoms with Gasteiger partial charge >= 0.3 is 0 Å². The van der Waals surface area contributed by atoms with Gasteiger partial charge in [0.05, 0.1) is 19.5 Å². The summed E-state index contributed by atoms with van der Waals surface area (Å²) in [5.41, 5.74) is 4.02. The largest absolute Gasteiger partial charge is 0.0778 e. The van der Waals surface area contributed by atoms with E-state index in [1.165, 1.54) is 0 Å². The van der Waals surface area contributed by atoms with Gasteiger partial charge in [-0.25, -0.2) is 0 Å². The molecule has 0 atom stereocenters. The van der Waals surface area contributed by atoms with Crippen LogP contribution < -0.4 is 0 Å². The van der Waals surface area contributed by atoms with Gasteiger partial charge in [0.1, 0.15) is 0 Å². The minimum atomic E-state index is 0. The average Bonchev–Trinajstić information content (AvgIpc) is 2.89. The molecule has 4 rings (SSSR count). The molecule has 0 nitrogen and oxygen atoms in total. The summed E-state index contributed by atoms with van der Waals surface area (Å²) in [5, 5.41) is 0. The van der Waals surface area contributed by atoms with Crippen molar-refractivity contribution in [1.82, 2.24) is 0 Å². The molecule has 0 bridgehead atoms. The second-order valence-electron chi connectivity index (χ2n) is 6.78. The van der Waals surface area contributed by atoms with Crippen molar-refractivity contribution in [2.75, 3.05) is 0 Å². The monoisotopic (exact) mass is 543 g/mol. The molecule has 0 aromatic heterocycles. The zero-order valence-corrected chi connectivity index (χ0v) is 21.8. The Kier molecular flexibility index (Phi) is 11.5. The van der Waals surface area contributed by atoms with Crippen molar-refractivity contribution in [3.63, 3.8) is 0 Å². The van der Waals surface area contributed by atoms with Gasteiger partial charge in [0.2, 0.25) is 0 Å². The Morgan fingerprint density at radius 1 is 0.303 bits per heavy atom. The van der Waals surface area contributed by atoms with Crippen LogP contribution in [0.4, 0.5) is 0 Å². The van der Waals surface area contributed by atoms with Gasteiger partial charge in [-0.2, -0.15) is 0 Å². The topological polar surface area (TPSA) is 0 Å². The maximum atomic E-state index is 5.38. The number of thiocarbonyl (C=S) groups is 4. The molecule has 0 N–H and O–H groups in total. The van der Waals surface area contributed by atoms with Gasteiger partial charge in [-0.15, -0.1) is 0 Å². The van der Waals surface area contributed by atoms with E-state index in [1.54, 1.807) is 0 Å². The fourth-order valence-electron chi connectivity index (χ4n) is 2.88. The van der Waals surface area contributed by atoms with E-state index in [9.17, 15) is 0 Å². The average molecular weight is 544 g/mol. The Hall–Kier alpha value is -2.25. The molecule has 0 spiro atoms. The Labute approximate surface area is 227 Å². The summed E-state index contributed by atoms with van der Waals surface area (Å²) in [5.74, 6) is 0. The van der Waals surface area contributed by atoms with Gasteiger partial charge in [-0.05, 0) is 22.3 Å². The molecule has 0 unspecified atom stereocenters. The SMILES string of the molecule is S=C(C(=S)c1ccccc1)c1ccccc1.S=C(C(=S)c1ccccc1)c1ccccc1.[Co]. The maximum Gasteiger partial charge on any atom is 0.0636 e. The summed E-state index contributed by atoms with van der Waals surface area (Å²) in [6.45, 7) is 0. The molecule has 165 valence electrons. The summed E-state index contributed by atoms with van der Waals surface area (Å²) in [7, 11) is 0. The zero-order chi connectivity index (χ0) is 22.8. The normalized spacial score (nSPS) is 9.45. The molecule has 33 heavy (non-hydrogen) atoms. The van der Waals surface area contributed by atoms with E-state index in [1.807, 2.05) is 121 Å². The molecule has 0 heterocycles. The number of benzene rings is 4. The predicted molar refractivity (Wildman–Crippen MR) is 153 cm³/mol. The van der Waals surface area contributed by atoms with E-state index in [-0.39, 0.29) is 16.8 Å². The van der Waals surface area contributed by atoms with Crippen LogP contribution in [0.2, 0.25) is 0 Å². The fourth-order valence-corrected chi connectivity index (χ4v) is 3.90. The first-order chi connectivity index (χ1) is 15.6. The second-order valence-corrected chi connectivity index (χ2v) is 8.41. The van der Waals surface area contributed by atoms with Crippen molar-refractivity contribution in [1.29, 1.82) is 0 Å². The Morgan fingerprint density at radius 2 is 0.455 bits per heavy atom. The molecule has 4 aromatic carbocycles. The summed E-state index contributed by atoms with van der Waals surface area (Å²) in [6, 6.07) is 39.5. The van der Waals surface area contributed by atoms with Crippen LogP contribution in [0.15, 0.2) is 121 Å². The molecule has 0 saturated carbocycles. The number of rotatable bonds is 6. The molecule has 0 saturated heterocycles. The summed E-state index contributed by atoms with van der Waals surface area (Å²) in [4.78, 5) is 2.95. The third-order valence-corrected chi connectivity index (χ3v) is 6.57. The second kappa shape index (κ2) is 14.1. The van der Waals surface area contributed by atoms with Crippen LogP contribution in [0.3, 0.4) is 0 Å². The van der Waals surface area contributed by atoms with Crippen molar-refractivity contribution < 1.29 is 16.8 Å². The first kappa shape index (κ1) is 27.0. The number of hydrogen-bond donors (Lipinski definition) is 0. The standard InChI is InChI=1S/2C14H10S2.Co/c2*15-13(11-7-3-1-4-8-11)14(16)12-9-5-2-6-10-12;/h2*1-10H;. The molecular weight excluding hydrogens is 524 g/mol. The summed E-state index contributed by atoms with van der Waals surface area (Å²) in [6.07, 6.45) is 0. The van der Waals surface area contributed by atoms with Crippen molar-refractivity contribution in [3.8, 4) is 0 Å². The van der Waals surface area contributed by atoms with Crippen molar-refractivity contribution in [2.45, 2.75) is 0 Å². The predicted octanol–water partition coefficient (Wildman–Crippen LogP) is 7.64. The van der Waals surface area contributed by atoms with Crippen LogP contribution in [0.5, 0.6) is 0 Å². The van der Waals surface area contributed by atoms with Gasteiger partial charge in [0, 0.05) is 16.8 Å². The molecular formula is C28H20CoS4. The van der Waals surface area contributed by atoms with Crippen LogP contribution in [0, 0.1) is 0 Å². The Morgan fingerprint density at radius 3 is 0.606 bits per heavy atom. The van der Waals surface area contributed by atoms with Crippen LogP contribution in [-0.2, 0) is 16.8 Å². The Bertz CT molecular complexity index is 1010. The molecule has 0 aliphatic rings. The fraction of sp³-hybridized carbons (Fsp3) is 0. The third-order valence-electron chi connectivity index (χ3n) is 4.56. The first-order valence-electron chi connectivity index (χ1n) is 9.96. The maximum absolute atomic E-state index is 5.38. The van der Waals surface area contributed by atoms with Gasteiger partial charge in [-0.1, -0.05) is 170 Å². The molecule has 1 radical (unpaired) electrons. The summed E-state index contributed by atoms with van der Waals surface area (Å²) < 4.78 is 0. The van der Waals surface area contributed by atoms with Crippen molar-refractivity contribution in [2.24, 2.45) is 0 Å². The van der Waals surface area contributed by atoms with E-state index >= 15 is 0 Å². The van der Waals surface area contributed by atoms with Gasteiger partial charge in [-0.3, -0.25) is 0 Å². The molecule has 4 aromatic rings. The summed E-state index contributed by atoms with van der Waals surface area (Å²) >= 11 is 21.5. The van der Waals surface area contributed by atoms with Crippen LogP contribution in [-0.4, -0.2) is 19.5 Å². The van der Waals surface area contributed by atoms with Gasteiger partial charge < -0.3 is 0 Å².